The molecule has 1 amide bonds. The molecule has 1 aromatic heterocycles. The van der Waals surface area contributed by atoms with E-state index >= 15 is 0 Å². The summed E-state index contributed by atoms with van der Waals surface area (Å²) in [6.45, 7) is 7.05. The highest BCUT2D eigenvalue weighted by atomic mass is 32.2. The normalized spacial score (nSPS) is 12.7. The predicted molar refractivity (Wildman–Crippen MR) is 107 cm³/mol. The van der Waals surface area contributed by atoms with Gasteiger partial charge in [-0.2, -0.15) is 13.2 Å². The van der Waals surface area contributed by atoms with Gasteiger partial charge in [-0.15, -0.1) is 0 Å². The van der Waals surface area contributed by atoms with Crippen molar-refractivity contribution < 1.29 is 22.8 Å². The summed E-state index contributed by atoms with van der Waals surface area (Å²) in [6, 6.07) is 8.67. The van der Waals surface area contributed by atoms with Crippen LogP contribution in [0.5, 0.6) is 0 Å². The molecule has 0 radical (unpaired) electrons. The van der Waals surface area contributed by atoms with E-state index in [4.69, 9.17) is 0 Å². The number of carbonyl (C=O) groups excluding carboxylic acids is 2. The molecule has 0 aliphatic heterocycles. The topological polar surface area (TPSA) is 59.1 Å². The summed E-state index contributed by atoms with van der Waals surface area (Å²) in [5, 5.41) is 2.79. The average Bonchev–Trinajstić information content (AvgIpc) is 2.59. The van der Waals surface area contributed by atoms with Gasteiger partial charge in [-0.25, -0.2) is 0 Å². The third-order valence-corrected chi connectivity index (χ3v) is 4.93. The molecule has 0 saturated carbocycles. The van der Waals surface area contributed by atoms with Crippen molar-refractivity contribution in [1.29, 1.82) is 0 Å². The number of amides is 1. The number of alkyl halides is 3. The molecule has 0 aliphatic carbocycles. The number of carbonyl (C=O) groups is 2. The van der Waals surface area contributed by atoms with Gasteiger partial charge >= 0.3 is 5.51 Å². The van der Waals surface area contributed by atoms with Crippen LogP contribution in [0.1, 0.15) is 54.1 Å². The highest BCUT2D eigenvalue weighted by Crippen LogP contribution is 2.37. The Labute approximate surface area is 172 Å². The molecule has 0 aliphatic rings. The third-order valence-electron chi connectivity index (χ3n) is 4.21. The maximum atomic E-state index is 12.7. The molecule has 0 spiro atoms. The van der Waals surface area contributed by atoms with Crippen LogP contribution in [0.3, 0.4) is 0 Å². The van der Waals surface area contributed by atoms with Gasteiger partial charge in [0.25, 0.3) is 5.91 Å². The van der Waals surface area contributed by atoms with Crippen molar-refractivity contribution in [2.75, 3.05) is 0 Å². The fourth-order valence-corrected chi connectivity index (χ4v) is 3.29. The molecule has 156 valence electrons. The van der Waals surface area contributed by atoms with Gasteiger partial charge in [-0.3, -0.25) is 14.6 Å². The van der Waals surface area contributed by atoms with E-state index in [1.54, 1.807) is 45.9 Å². The number of hydrogen-bond acceptors (Lipinski definition) is 4. The molecule has 2 aromatic rings. The summed E-state index contributed by atoms with van der Waals surface area (Å²) in [5.74, 6) is -0.478. The monoisotopic (exact) mass is 424 g/mol. The van der Waals surface area contributed by atoms with Crippen molar-refractivity contribution in [3.05, 3.63) is 58.9 Å². The zero-order valence-corrected chi connectivity index (χ0v) is 17.4. The van der Waals surface area contributed by atoms with E-state index in [1.807, 2.05) is 0 Å². The zero-order chi connectivity index (χ0) is 21.8. The lowest BCUT2D eigenvalue weighted by Crippen LogP contribution is -2.27. The molecular weight excluding hydrogens is 401 g/mol. The highest BCUT2D eigenvalue weighted by molar-refractivity contribution is 8.00. The first kappa shape index (κ1) is 22.9. The van der Waals surface area contributed by atoms with Crippen molar-refractivity contribution in [1.82, 2.24) is 10.3 Å². The summed E-state index contributed by atoms with van der Waals surface area (Å²) in [4.78, 5) is 29.0. The number of aryl methyl sites for hydroxylation is 1. The Morgan fingerprint density at radius 3 is 2.45 bits per heavy atom. The fraction of sp³-hybridized carbons (Fsp3) is 0.381. The van der Waals surface area contributed by atoms with Gasteiger partial charge in [-0.05, 0) is 55.4 Å². The van der Waals surface area contributed by atoms with Crippen LogP contribution in [0.15, 0.2) is 41.3 Å². The first-order valence-electron chi connectivity index (χ1n) is 9.11. The molecule has 0 fully saturated rings. The Hall–Kier alpha value is -2.35. The molecule has 2 rings (SSSR count). The van der Waals surface area contributed by atoms with E-state index in [0.717, 1.165) is 0 Å². The number of nitrogens with one attached hydrogen (secondary N) is 1. The van der Waals surface area contributed by atoms with E-state index < -0.39 is 11.6 Å². The fourth-order valence-electron chi connectivity index (χ4n) is 2.69. The third kappa shape index (κ3) is 7.20. The largest absolute Gasteiger partial charge is 0.446 e. The summed E-state index contributed by atoms with van der Waals surface area (Å²) < 4.78 is 37.8. The number of aromatic nitrogens is 1. The molecule has 8 heteroatoms. The lowest BCUT2D eigenvalue weighted by atomic mass is 10.0. The second-order valence-electron chi connectivity index (χ2n) is 7.10. The highest BCUT2D eigenvalue weighted by Gasteiger charge is 2.29. The van der Waals surface area contributed by atoms with E-state index in [1.165, 1.54) is 18.2 Å². The van der Waals surface area contributed by atoms with Crippen LogP contribution in [0.4, 0.5) is 13.2 Å². The van der Waals surface area contributed by atoms with Crippen molar-refractivity contribution >= 4 is 23.5 Å². The van der Waals surface area contributed by atoms with Crippen LogP contribution in [-0.2, 0) is 11.2 Å². The Morgan fingerprint density at radius 1 is 1.14 bits per heavy atom. The number of hydrogen-bond donors (Lipinski definition) is 1. The Kier molecular flexibility index (Phi) is 7.46. The van der Waals surface area contributed by atoms with Crippen molar-refractivity contribution in [3.63, 3.8) is 0 Å². The SMILES string of the molecule is Cc1cc(C(=O)NC(C)c2cccc(SC(F)(F)F)c2)cc(CC(=O)C(C)C)n1. The van der Waals surface area contributed by atoms with E-state index in [2.05, 4.69) is 10.3 Å². The van der Waals surface area contributed by atoms with Gasteiger partial charge in [0.1, 0.15) is 5.78 Å². The molecule has 0 saturated heterocycles. The number of Topliss-reactive ketones (excluding diaryl/α,β-unsaturated/α-hetero) is 1. The predicted octanol–water partition coefficient (Wildman–Crippen LogP) is 5.26. The number of rotatable bonds is 7. The smallest absolute Gasteiger partial charge is 0.346 e. The number of nitrogens with zero attached hydrogens (tertiary/aromatic N) is 1. The van der Waals surface area contributed by atoms with Gasteiger partial charge in [-0.1, -0.05) is 26.0 Å². The molecule has 4 nitrogen and oxygen atoms in total. The number of halogens is 3. The summed E-state index contributed by atoms with van der Waals surface area (Å²) in [6.07, 6.45) is 0.145. The van der Waals surface area contributed by atoms with E-state index in [9.17, 15) is 22.8 Å². The summed E-state index contributed by atoms with van der Waals surface area (Å²) in [7, 11) is 0. The maximum Gasteiger partial charge on any atom is 0.446 e. The Bertz CT molecular complexity index is 898. The zero-order valence-electron chi connectivity index (χ0n) is 16.6. The number of benzene rings is 1. The molecule has 1 unspecified atom stereocenters. The Balaban J connectivity index is 2.14. The lowest BCUT2D eigenvalue weighted by molar-refractivity contribution is -0.121. The van der Waals surface area contributed by atoms with Crippen molar-refractivity contribution in [3.8, 4) is 0 Å². The van der Waals surface area contributed by atoms with Crippen molar-refractivity contribution in [2.45, 2.75) is 50.6 Å². The standard InChI is InChI=1S/C21H23F3N2O2S/c1-12(2)19(27)11-17-9-16(8-13(3)25-17)20(28)26-14(4)15-6-5-7-18(10-15)29-21(22,23)24/h5-10,12,14H,11H2,1-4H3,(H,26,28). The van der Waals surface area contributed by atoms with Gasteiger partial charge in [0.2, 0.25) is 0 Å². The van der Waals surface area contributed by atoms with Crippen LogP contribution in [0, 0.1) is 12.8 Å². The first-order chi connectivity index (χ1) is 13.4. The van der Waals surface area contributed by atoms with Crippen LogP contribution >= 0.6 is 11.8 Å². The molecule has 1 atom stereocenters. The minimum Gasteiger partial charge on any atom is -0.346 e. The molecule has 29 heavy (non-hydrogen) atoms. The van der Waals surface area contributed by atoms with Crippen molar-refractivity contribution in [2.24, 2.45) is 5.92 Å². The molecule has 1 aromatic carbocycles. The second-order valence-corrected chi connectivity index (χ2v) is 8.24. The Morgan fingerprint density at radius 2 is 1.83 bits per heavy atom. The molecular formula is C21H23F3N2O2S. The molecule has 1 heterocycles. The van der Waals surface area contributed by atoms with Crippen LogP contribution < -0.4 is 5.32 Å². The number of pyridine rings is 1. The molecule has 0 bridgehead atoms. The second kappa shape index (κ2) is 9.43. The lowest BCUT2D eigenvalue weighted by Gasteiger charge is -2.16. The van der Waals surface area contributed by atoms with Gasteiger partial charge in [0.05, 0.1) is 6.04 Å². The molecule has 1 N–H and O–H groups in total. The van der Waals surface area contributed by atoms with E-state index in [-0.39, 0.29) is 40.7 Å². The first-order valence-corrected chi connectivity index (χ1v) is 9.93. The van der Waals surface area contributed by atoms with E-state index in [0.29, 0.717) is 22.5 Å². The summed E-state index contributed by atoms with van der Waals surface area (Å²) >= 11 is -0.194. The number of ketones is 1. The summed E-state index contributed by atoms with van der Waals surface area (Å²) in [5.41, 5.74) is -2.32. The van der Waals surface area contributed by atoms with Gasteiger partial charge in [0, 0.05) is 34.2 Å². The average molecular weight is 424 g/mol. The van der Waals surface area contributed by atoms with Crippen LogP contribution in [0.25, 0.3) is 0 Å². The van der Waals surface area contributed by atoms with Gasteiger partial charge in [0.15, 0.2) is 0 Å². The maximum absolute atomic E-state index is 12.7. The van der Waals surface area contributed by atoms with Crippen LogP contribution in [-0.4, -0.2) is 22.2 Å². The minimum atomic E-state index is -4.37. The van der Waals surface area contributed by atoms with Gasteiger partial charge < -0.3 is 5.32 Å². The quantitative estimate of drug-likeness (QED) is 0.616. The number of thioether (sulfide) groups is 1. The minimum absolute atomic E-state index is 0.0294. The van der Waals surface area contributed by atoms with Crippen LogP contribution in [0.2, 0.25) is 0 Å².